The number of benzene rings is 3. The smallest absolute Gasteiger partial charge is 0.339 e. The largest absolute Gasteiger partial charge is 0.493 e. The monoisotopic (exact) mass is 574 g/mol. The summed E-state index contributed by atoms with van der Waals surface area (Å²) in [5.74, 6) is -0.0427. The van der Waals surface area contributed by atoms with Gasteiger partial charge in [0, 0.05) is 10.9 Å². The molecule has 196 valence electrons. The standard InChI is InChI=1S/C27H21Cl3N2O6/c1-35-23-8-14(9-24(36-2)26(23)37-3)21-10-16(15-6-4-5-7-20(15)31-21)27(34)38-13-25(33)32-22-12-18(29)17(28)11-19(22)30/h4-12H,13H2,1-3H3,(H,32,33). The molecule has 0 aliphatic carbocycles. The number of carbonyl (C=O) groups is 2. The van der Waals surface area contributed by atoms with Crippen molar-refractivity contribution in [2.24, 2.45) is 0 Å². The number of hydrogen-bond donors (Lipinski definition) is 1. The number of halogens is 3. The minimum atomic E-state index is -0.715. The van der Waals surface area contributed by atoms with E-state index in [1.54, 1.807) is 42.5 Å². The van der Waals surface area contributed by atoms with Gasteiger partial charge >= 0.3 is 5.97 Å². The Balaban J connectivity index is 1.63. The second kappa shape index (κ2) is 11.8. The lowest BCUT2D eigenvalue weighted by Crippen LogP contribution is -2.21. The van der Waals surface area contributed by atoms with Crippen molar-refractivity contribution in [1.29, 1.82) is 0 Å². The first-order chi connectivity index (χ1) is 18.2. The van der Waals surface area contributed by atoms with E-state index in [4.69, 9.17) is 58.7 Å². The molecular formula is C27H21Cl3N2O6. The van der Waals surface area contributed by atoms with Crippen LogP contribution in [0.25, 0.3) is 22.2 Å². The fourth-order valence-corrected chi connectivity index (χ4v) is 4.33. The van der Waals surface area contributed by atoms with Crippen LogP contribution in [0.5, 0.6) is 17.2 Å². The molecule has 1 aromatic heterocycles. The van der Waals surface area contributed by atoms with Crippen LogP contribution >= 0.6 is 34.8 Å². The predicted octanol–water partition coefficient (Wildman–Crippen LogP) is 6.68. The molecule has 0 aliphatic rings. The van der Waals surface area contributed by atoms with Gasteiger partial charge in [-0.3, -0.25) is 4.79 Å². The molecule has 1 heterocycles. The normalized spacial score (nSPS) is 10.7. The molecule has 3 aromatic carbocycles. The number of carbonyl (C=O) groups excluding carboxylic acids is 2. The van der Waals surface area contributed by atoms with Crippen LogP contribution in [-0.2, 0) is 9.53 Å². The van der Waals surface area contributed by atoms with Crippen LogP contribution in [0, 0.1) is 0 Å². The lowest BCUT2D eigenvalue weighted by atomic mass is 10.0. The van der Waals surface area contributed by atoms with Crippen molar-refractivity contribution >= 4 is 63.3 Å². The maximum atomic E-state index is 13.1. The zero-order chi connectivity index (χ0) is 27.4. The van der Waals surface area contributed by atoms with Gasteiger partial charge in [-0.2, -0.15) is 0 Å². The summed E-state index contributed by atoms with van der Waals surface area (Å²) >= 11 is 18.0. The number of nitrogens with one attached hydrogen (secondary N) is 1. The lowest BCUT2D eigenvalue weighted by Gasteiger charge is -2.15. The Bertz CT molecular complexity index is 1520. The number of methoxy groups -OCH3 is 3. The van der Waals surface area contributed by atoms with Crippen molar-refractivity contribution in [3.05, 3.63) is 75.2 Å². The number of nitrogens with zero attached hydrogens (tertiary/aromatic N) is 1. The quantitative estimate of drug-likeness (QED) is 0.185. The van der Waals surface area contributed by atoms with E-state index in [-0.39, 0.29) is 26.3 Å². The molecule has 0 spiro atoms. The summed E-state index contributed by atoms with van der Waals surface area (Å²) in [7, 11) is 4.52. The van der Waals surface area contributed by atoms with E-state index in [1.807, 2.05) is 0 Å². The summed E-state index contributed by atoms with van der Waals surface area (Å²) in [6, 6.07) is 14.9. The van der Waals surface area contributed by atoms with Crippen molar-refractivity contribution < 1.29 is 28.5 Å². The molecule has 0 aliphatic heterocycles. The van der Waals surface area contributed by atoms with E-state index in [0.29, 0.717) is 39.4 Å². The van der Waals surface area contributed by atoms with E-state index in [1.165, 1.54) is 33.5 Å². The van der Waals surface area contributed by atoms with Gasteiger partial charge in [-0.15, -0.1) is 0 Å². The highest BCUT2D eigenvalue weighted by molar-refractivity contribution is 6.44. The van der Waals surface area contributed by atoms with Gasteiger partial charge in [0.25, 0.3) is 5.91 Å². The van der Waals surface area contributed by atoms with Crippen molar-refractivity contribution in [3.63, 3.8) is 0 Å². The maximum Gasteiger partial charge on any atom is 0.339 e. The summed E-state index contributed by atoms with van der Waals surface area (Å²) in [5, 5.41) is 3.76. The van der Waals surface area contributed by atoms with Gasteiger partial charge in [0.15, 0.2) is 18.1 Å². The van der Waals surface area contributed by atoms with Crippen molar-refractivity contribution in [2.45, 2.75) is 0 Å². The number of fused-ring (bicyclic) bond motifs is 1. The Hall–Kier alpha value is -3.72. The third-order valence-electron chi connectivity index (χ3n) is 5.51. The van der Waals surface area contributed by atoms with Gasteiger partial charge in [-0.1, -0.05) is 53.0 Å². The highest BCUT2D eigenvalue weighted by Gasteiger charge is 2.20. The molecule has 1 N–H and O–H groups in total. The number of para-hydroxylation sites is 1. The average molecular weight is 576 g/mol. The molecule has 4 rings (SSSR count). The number of hydrogen-bond acceptors (Lipinski definition) is 7. The topological polar surface area (TPSA) is 96.0 Å². The highest BCUT2D eigenvalue weighted by Crippen LogP contribution is 2.41. The van der Waals surface area contributed by atoms with Crippen LogP contribution in [0.2, 0.25) is 15.1 Å². The van der Waals surface area contributed by atoms with E-state index >= 15 is 0 Å². The SMILES string of the molecule is COc1cc(-c2cc(C(=O)OCC(=O)Nc3cc(Cl)c(Cl)cc3Cl)c3ccccc3n2)cc(OC)c1OC. The minimum absolute atomic E-state index is 0.189. The van der Waals surface area contributed by atoms with Crippen LogP contribution < -0.4 is 19.5 Å². The Kier molecular flexibility index (Phi) is 8.46. The summed E-state index contributed by atoms with van der Waals surface area (Å²) in [4.78, 5) is 30.3. The number of rotatable bonds is 8. The highest BCUT2D eigenvalue weighted by atomic mass is 35.5. The van der Waals surface area contributed by atoms with Crippen LogP contribution in [-0.4, -0.2) is 44.8 Å². The fraction of sp³-hybridized carbons (Fsp3) is 0.148. The van der Waals surface area contributed by atoms with Gasteiger partial charge in [0.05, 0.1) is 58.9 Å². The Labute approximate surface area is 233 Å². The lowest BCUT2D eigenvalue weighted by molar-refractivity contribution is -0.119. The molecule has 11 heteroatoms. The Morgan fingerprint density at radius 3 is 2.16 bits per heavy atom. The minimum Gasteiger partial charge on any atom is -0.493 e. The first-order valence-electron chi connectivity index (χ1n) is 11.1. The zero-order valence-corrected chi connectivity index (χ0v) is 22.7. The van der Waals surface area contributed by atoms with Crippen LogP contribution in [0.1, 0.15) is 10.4 Å². The molecule has 0 bridgehead atoms. The molecule has 1 amide bonds. The summed E-state index contributed by atoms with van der Waals surface area (Å²) in [6.07, 6.45) is 0. The van der Waals surface area contributed by atoms with Gasteiger partial charge in [0.2, 0.25) is 5.75 Å². The van der Waals surface area contributed by atoms with Crippen molar-refractivity contribution in [1.82, 2.24) is 4.98 Å². The second-order valence-electron chi connectivity index (χ2n) is 7.86. The van der Waals surface area contributed by atoms with Crippen LogP contribution in [0.3, 0.4) is 0 Å². The molecule has 0 saturated heterocycles. The number of amides is 1. The summed E-state index contributed by atoms with van der Waals surface area (Å²) < 4.78 is 21.6. The first kappa shape index (κ1) is 27.3. The third-order valence-corrected chi connectivity index (χ3v) is 6.55. The first-order valence-corrected chi connectivity index (χ1v) is 12.2. The number of ether oxygens (including phenoxy) is 4. The number of aromatic nitrogens is 1. The third kappa shape index (κ3) is 5.72. The maximum absolute atomic E-state index is 13.1. The second-order valence-corrected chi connectivity index (χ2v) is 9.08. The zero-order valence-electron chi connectivity index (χ0n) is 20.4. The number of pyridine rings is 1. The molecule has 4 aromatic rings. The molecule has 0 saturated carbocycles. The van der Waals surface area contributed by atoms with Crippen molar-refractivity contribution in [3.8, 4) is 28.5 Å². The molecule has 0 fully saturated rings. The Morgan fingerprint density at radius 2 is 1.50 bits per heavy atom. The fourth-order valence-electron chi connectivity index (χ4n) is 3.73. The number of anilines is 1. The van der Waals surface area contributed by atoms with Crippen molar-refractivity contribution in [2.75, 3.05) is 33.3 Å². The predicted molar refractivity (Wildman–Crippen MR) is 147 cm³/mol. The van der Waals surface area contributed by atoms with Crippen LogP contribution in [0.4, 0.5) is 5.69 Å². The molecule has 38 heavy (non-hydrogen) atoms. The van der Waals surface area contributed by atoms with E-state index in [2.05, 4.69) is 5.32 Å². The summed E-state index contributed by atoms with van der Waals surface area (Å²) in [6.45, 7) is -0.564. The van der Waals surface area contributed by atoms with E-state index < -0.39 is 18.5 Å². The van der Waals surface area contributed by atoms with Gasteiger partial charge in [-0.25, -0.2) is 9.78 Å². The summed E-state index contributed by atoms with van der Waals surface area (Å²) in [5.41, 5.74) is 2.09. The Morgan fingerprint density at radius 1 is 0.842 bits per heavy atom. The molecule has 0 atom stereocenters. The number of esters is 1. The van der Waals surface area contributed by atoms with Crippen LogP contribution in [0.15, 0.2) is 54.6 Å². The van der Waals surface area contributed by atoms with E-state index in [9.17, 15) is 9.59 Å². The van der Waals surface area contributed by atoms with Gasteiger partial charge < -0.3 is 24.3 Å². The molecular weight excluding hydrogens is 555 g/mol. The van der Waals surface area contributed by atoms with Gasteiger partial charge in [-0.05, 0) is 36.4 Å². The average Bonchev–Trinajstić information content (AvgIpc) is 2.93. The molecule has 0 unspecified atom stereocenters. The molecule has 8 nitrogen and oxygen atoms in total. The van der Waals surface area contributed by atoms with E-state index in [0.717, 1.165) is 0 Å². The molecule has 0 radical (unpaired) electrons. The van der Waals surface area contributed by atoms with Gasteiger partial charge in [0.1, 0.15) is 0 Å².